The van der Waals surface area contributed by atoms with Crippen molar-refractivity contribution in [3.05, 3.63) is 41.0 Å². The molecule has 0 saturated heterocycles. The van der Waals surface area contributed by atoms with Gasteiger partial charge in [-0.05, 0) is 26.0 Å². The van der Waals surface area contributed by atoms with Gasteiger partial charge >= 0.3 is 6.18 Å². The van der Waals surface area contributed by atoms with Gasteiger partial charge in [-0.2, -0.15) is 18.2 Å². The van der Waals surface area contributed by atoms with Gasteiger partial charge in [-0.15, -0.1) is 5.10 Å². The summed E-state index contributed by atoms with van der Waals surface area (Å²) in [7, 11) is 0. The van der Waals surface area contributed by atoms with Crippen molar-refractivity contribution in [2.75, 3.05) is 18.5 Å². The molecule has 2 aromatic heterocycles. The molecule has 0 aliphatic carbocycles. The molecular formula is C19H18F3N5O3. The van der Waals surface area contributed by atoms with Gasteiger partial charge in [-0.3, -0.25) is 4.79 Å². The molecule has 30 heavy (non-hydrogen) atoms. The summed E-state index contributed by atoms with van der Waals surface area (Å²) < 4.78 is 50.9. The normalized spacial score (nSPS) is 13.9. The van der Waals surface area contributed by atoms with E-state index in [2.05, 4.69) is 20.4 Å². The van der Waals surface area contributed by atoms with Crippen LogP contribution in [-0.2, 0) is 17.4 Å². The molecule has 11 heteroatoms. The molecule has 0 unspecified atom stereocenters. The Balaban J connectivity index is 1.56. The second kappa shape index (κ2) is 7.47. The van der Waals surface area contributed by atoms with Crippen molar-refractivity contribution in [1.82, 2.24) is 19.6 Å². The number of halogens is 3. The number of aryl methyl sites for hydroxylation is 2. The molecule has 1 N–H and O–H groups in total. The first-order chi connectivity index (χ1) is 14.2. The maximum Gasteiger partial charge on any atom is 0.453 e. The van der Waals surface area contributed by atoms with Crippen molar-refractivity contribution >= 4 is 17.4 Å². The Hall–Kier alpha value is -3.37. The molecule has 0 radical (unpaired) electrons. The Morgan fingerprint density at radius 3 is 2.63 bits per heavy atom. The van der Waals surface area contributed by atoms with Crippen molar-refractivity contribution in [3.63, 3.8) is 0 Å². The Morgan fingerprint density at radius 2 is 1.90 bits per heavy atom. The fraction of sp³-hybridized carbons (Fsp3) is 0.368. The molecule has 1 aromatic carbocycles. The van der Waals surface area contributed by atoms with E-state index in [1.165, 1.54) is 0 Å². The van der Waals surface area contributed by atoms with Crippen molar-refractivity contribution in [2.45, 2.75) is 32.9 Å². The van der Waals surface area contributed by atoms with Gasteiger partial charge < -0.3 is 14.8 Å². The van der Waals surface area contributed by atoms with E-state index in [9.17, 15) is 18.0 Å². The highest BCUT2D eigenvalue weighted by Crippen LogP contribution is 2.32. The summed E-state index contributed by atoms with van der Waals surface area (Å²) in [6, 6.07) is 5.08. The zero-order valence-corrected chi connectivity index (χ0v) is 16.2. The molecule has 4 rings (SSSR count). The molecular weight excluding hydrogens is 403 g/mol. The largest absolute Gasteiger partial charge is 0.490 e. The molecule has 8 nitrogen and oxygen atoms in total. The third-order valence-electron chi connectivity index (χ3n) is 4.67. The lowest BCUT2D eigenvalue weighted by Gasteiger charge is -2.12. The van der Waals surface area contributed by atoms with Gasteiger partial charge in [0.15, 0.2) is 11.5 Å². The van der Waals surface area contributed by atoms with Gasteiger partial charge in [0.1, 0.15) is 0 Å². The number of benzene rings is 1. The molecule has 1 aliphatic heterocycles. The van der Waals surface area contributed by atoms with Crippen molar-refractivity contribution in [2.24, 2.45) is 0 Å². The molecule has 0 atom stereocenters. The van der Waals surface area contributed by atoms with Gasteiger partial charge in [-0.25, -0.2) is 9.50 Å². The van der Waals surface area contributed by atoms with E-state index in [1.807, 2.05) is 0 Å². The number of amides is 1. The number of alkyl halides is 3. The first-order valence-corrected chi connectivity index (χ1v) is 9.22. The summed E-state index contributed by atoms with van der Waals surface area (Å²) >= 11 is 0. The molecule has 0 saturated carbocycles. The van der Waals surface area contributed by atoms with E-state index in [4.69, 9.17) is 9.47 Å². The number of aromatic nitrogens is 4. The maximum absolute atomic E-state index is 12.9. The van der Waals surface area contributed by atoms with Crippen molar-refractivity contribution < 1.29 is 27.4 Å². The van der Waals surface area contributed by atoms with Crippen molar-refractivity contribution in [3.8, 4) is 11.5 Å². The van der Waals surface area contributed by atoms with E-state index >= 15 is 0 Å². The van der Waals surface area contributed by atoms with Crippen LogP contribution in [0.1, 0.15) is 29.2 Å². The number of nitrogens with one attached hydrogen (secondary N) is 1. The number of anilines is 1. The topological polar surface area (TPSA) is 90.6 Å². The summed E-state index contributed by atoms with van der Waals surface area (Å²) in [5, 5.41) is 6.25. The molecule has 0 bridgehead atoms. The standard InChI is InChI=1S/C19H18F3N5O3/c1-10-13(11(2)27-18(23-10)25-17(26-27)19(20,21)22)9-16(28)24-12-4-5-14-15(8-12)30-7-3-6-29-14/h4-5,8H,3,6-7,9H2,1-2H3,(H,24,28). The number of carbonyl (C=O) groups is 1. The van der Waals surface area contributed by atoms with Crippen LogP contribution in [0.15, 0.2) is 18.2 Å². The zero-order valence-electron chi connectivity index (χ0n) is 16.2. The number of carbonyl (C=O) groups excluding carboxylic acids is 1. The van der Waals surface area contributed by atoms with Gasteiger partial charge in [0.2, 0.25) is 5.91 Å². The van der Waals surface area contributed by atoms with Crippen LogP contribution >= 0.6 is 0 Å². The SMILES string of the molecule is Cc1nc2nc(C(F)(F)F)nn2c(C)c1CC(=O)Nc1ccc2c(c1)OCCCO2. The number of ether oxygens (including phenoxy) is 2. The zero-order chi connectivity index (χ0) is 21.5. The van der Waals surface area contributed by atoms with Crippen LogP contribution in [0.5, 0.6) is 11.5 Å². The van der Waals surface area contributed by atoms with Crippen LogP contribution in [0.25, 0.3) is 5.78 Å². The van der Waals surface area contributed by atoms with E-state index in [0.717, 1.165) is 10.9 Å². The monoisotopic (exact) mass is 421 g/mol. The lowest BCUT2D eigenvalue weighted by molar-refractivity contribution is -0.144. The predicted molar refractivity (Wildman–Crippen MR) is 99.6 cm³/mol. The lowest BCUT2D eigenvalue weighted by atomic mass is 10.1. The van der Waals surface area contributed by atoms with Crippen molar-refractivity contribution in [1.29, 1.82) is 0 Å². The van der Waals surface area contributed by atoms with Gasteiger partial charge in [0.05, 0.1) is 19.6 Å². The van der Waals surface area contributed by atoms with Crippen LogP contribution in [0.3, 0.4) is 0 Å². The average Bonchev–Trinajstić information content (AvgIpc) is 2.97. The highest BCUT2D eigenvalue weighted by atomic mass is 19.4. The third kappa shape index (κ3) is 3.87. The van der Waals surface area contributed by atoms with Crippen LogP contribution in [-0.4, -0.2) is 38.7 Å². The Kier molecular flexibility index (Phi) is 4.96. The smallest absolute Gasteiger partial charge is 0.453 e. The average molecular weight is 421 g/mol. The number of hydrogen-bond acceptors (Lipinski definition) is 6. The number of nitrogens with zero attached hydrogens (tertiary/aromatic N) is 4. The minimum absolute atomic E-state index is 0.0870. The number of fused-ring (bicyclic) bond motifs is 2. The summed E-state index contributed by atoms with van der Waals surface area (Å²) in [5.74, 6) is -0.634. The van der Waals surface area contributed by atoms with E-state index in [1.54, 1.807) is 32.0 Å². The lowest BCUT2D eigenvalue weighted by Crippen LogP contribution is -2.18. The fourth-order valence-electron chi connectivity index (χ4n) is 3.19. The predicted octanol–water partition coefficient (Wildman–Crippen LogP) is 3.10. The number of rotatable bonds is 3. The fourth-order valence-corrected chi connectivity index (χ4v) is 3.19. The van der Waals surface area contributed by atoms with E-state index in [-0.39, 0.29) is 18.1 Å². The van der Waals surface area contributed by atoms with Gasteiger partial charge in [0.25, 0.3) is 11.6 Å². The molecule has 0 fully saturated rings. The molecule has 3 heterocycles. The van der Waals surface area contributed by atoms with Crippen LogP contribution in [0, 0.1) is 13.8 Å². The number of hydrogen-bond donors (Lipinski definition) is 1. The molecule has 1 aliphatic rings. The van der Waals surface area contributed by atoms with E-state index < -0.39 is 12.0 Å². The van der Waals surface area contributed by atoms with Crippen LogP contribution < -0.4 is 14.8 Å². The third-order valence-corrected chi connectivity index (χ3v) is 4.67. The Bertz CT molecular complexity index is 1130. The summed E-state index contributed by atoms with van der Waals surface area (Å²) in [6.07, 6.45) is -4.00. The molecule has 1 amide bonds. The molecule has 158 valence electrons. The Morgan fingerprint density at radius 1 is 1.17 bits per heavy atom. The Labute approximate surface area is 169 Å². The molecule has 3 aromatic rings. The van der Waals surface area contributed by atoms with E-state index in [0.29, 0.717) is 47.4 Å². The summed E-state index contributed by atoms with van der Waals surface area (Å²) in [6.45, 7) is 4.27. The second-order valence-electron chi connectivity index (χ2n) is 6.84. The quantitative estimate of drug-likeness (QED) is 0.699. The van der Waals surface area contributed by atoms with Crippen LogP contribution in [0.4, 0.5) is 18.9 Å². The highest BCUT2D eigenvalue weighted by Gasteiger charge is 2.37. The summed E-state index contributed by atoms with van der Waals surface area (Å²) in [4.78, 5) is 20.1. The van der Waals surface area contributed by atoms with Gasteiger partial charge in [-0.1, -0.05) is 0 Å². The highest BCUT2D eigenvalue weighted by molar-refractivity contribution is 5.92. The maximum atomic E-state index is 12.9. The first kappa shape index (κ1) is 19.9. The summed E-state index contributed by atoms with van der Waals surface area (Å²) in [5.41, 5.74) is 1.78. The molecule has 0 spiro atoms. The van der Waals surface area contributed by atoms with Gasteiger partial charge in [0, 0.05) is 35.1 Å². The first-order valence-electron chi connectivity index (χ1n) is 9.22. The minimum atomic E-state index is -4.68. The second-order valence-corrected chi connectivity index (χ2v) is 6.84. The minimum Gasteiger partial charge on any atom is -0.490 e. The van der Waals surface area contributed by atoms with Crippen LogP contribution in [0.2, 0.25) is 0 Å².